The Bertz CT molecular complexity index is 1140. The van der Waals surface area contributed by atoms with Crippen LogP contribution in [0, 0.1) is 0 Å². The maximum Gasteiger partial charge on any atom is 0.182 e. The summed E-state index contributed by atoms with van der Waals surface area (Å²) in [5.74, 6) is 1.51. The lowest BCUT2D eigenvalue weighted by atomic mass is 10.1. The molecule has 0 amide bonds. The molecule has 0 bridgehead atoms. The van der Waals surface area contributed by atoms with Gasteiger partial charge in [-0.15, -0.1) is 0 Å². The number of aromatic amines is 1. The minimum atomic E-state index is -0.183. The van der Waals surface area contributed by atoms with E-state index in [1.165, 1.54) is 5.39 Å². The SMILES string of the molecule is OCC1CN(c2ccc3ncc(NCc4ccc5cc[nH]c5c4)nc3n2)CCO1. The first-order valence-corrected chi connectivity index (χ1v) is 9.69. The monoisotopic (exact) mass is 390 g/mol. The fraction of sp³-hybridized carbons (Fsp3) is 0.286. The van der Waals surface area contributed by atoms with Crippen LogP contribution in [-0.2, 0) is 11.3 Å². The number of hydrogen-bond donors (Lipinski definition) is 3. The maximum atomic E-state index is 9.36. The van der Waals surface area contributed by atoms with Gasteiger partial charge in [0, 0.05) is 31.3 Å². The lowest BCUT2D eigenvalue weighted by molar-refractivity contribution is 0.00337. The van der Waals surface area contributed by atoms with Crippen molar-refractivity contribution >= 4 is 33.7 Å². The molecule has 4 heterocycles. The van der Waals surface area contributed by atoms with Gasteiger partial charge in [-0.2, -0.15) is 0 Å². The van der Waals surface area contributed by atoms with Gasteiger partial charge in [-0.25, -0.2) is 15.0 Å². The number of morpholine rings is 1. The first kappa shape index (κ1) is 17.8. The molecule has 3 N–H and O–H groups in total. The standard InChI is InChI=1S/C21H22N6O2/c28-13-16-12-27(7-8-29-16)20-4-3-17-21(26-20)25-19(11-23-17)24-10-14-1-2-15-5-6-22-18(15)9-14/h1-6,9,11,16,22,28H,7-8,10,12-13H2,(H,24,25,26). The number of anilines is 2. The molecule has 8 nitrogen and oxygen atoms in total. The van der Waals surface area contributed by atoms with Gasteiger partial charge in [-0.05, 0) is 35.2 Å². The third kappa shape index (κ3) is 3.72. The van der Waals surface area contributed by atoms with Gasteiger partial charge in [-0.3, -0.25) is 0 Å². The second-order valence-corrected chi connectivity index (χ2v) is 7.14. The van der Waals surface area contributed by atoms with Gasteiger partial charge in [0.15, 0.2) is 5.65 Å². The second kappa shape index (κ2) is 7.65. The molecule has 0 spiro atoms. The molecule has 1 fully saturated rings. The molecular formula is C21H22N6O2. The minimum absolute atomic E-state index is 0.00618. The fourth-order valence-electron chi connectivity index (χ4n) is 3.58. The van der Waals surface area contributed by atoms with Crippen molar-refractivity contribution in [3.8, 4) is 0 Å². The van der Waals surface area contributed by atoms with E-state index < -0.39 is 0 Å². The van der Waals surface area contributed by atoms with E-state index in [0.717, 1.165) is 29.0 Å². The Balaban J connectivity index is 1.34. The van der Waals surface area contributed by atoms with Gasteiger partial charge in [0.1, 0.15) is 17.2 Å². The summed E-state index contributed by atoms with van der Waals surface area (Å²) >= 11 is 0. The average Bonchev–Trinajstić information content (AvgIpc) is 3.25. The van der Waals surface area contributed by atoms with Gasteiger partial charge >= 0.3 is 0 Å². The summed E-state index contributed by atoms with van der Waals surface area (Å²) in [7, 11) is 0. The Morgan fingerprint density at radius 2 is 2.17 bits per heavy atom. The highest BCUT2D eigenvalue weighted by Gasteiger charge is 2.21. The highest BCUT2D eigenvalue weighted by molar-refractivity contribution is 5.80. The molecule has 1 aliphatic rings. The quantitative estimate of drug-likeness (QED) is 0.481. The highest BCUT2D eigenvalue weighted by Crippen LogP contribution is 2.20. The highest BCUT2D eigenvalue weighted by atomic mass is 16.5. The molecule has 148 valence electrons. The molecule has 3 aromatic heterocycles. The number of fused-ring (bicyclic) bond motifs is 2. The number of H-pyrrole nitrogens is 1. The van der Waals surface area contributed by atoms with Crippen molar-refractivity contribution in [1.82, 2.24) is 19.9 Å². The summed E-state index contributed by atoms with van der Waals surface area (Å²) in [5, 5.41) is 13.9. The smallest absolute Gasteiger partial charge is 0.182 e. The molecule has 29 heavy (non-hydrogen) atoms. The first-order valence-electron chi connectivity index (χ1n) is 9.69. The molecule has 0 saturated carbocycles. The topological polar surface area (TPSA) is 99.2 Å². The van der Waals surface area contributed by atoms with Crippen LogP contribution in [0.1, 0.15) is 5.56 Å². The molecule has 1 unspecified atom stereocenters. The van der Waals surface area contributed by atoms with E-state index in [9.17, 15) is 5.11 Å². The zero-order valence-electron chi connectivity index (χ0n) is 15.9. The van der Waals surface area contributed by atoms with Gasteiger partial charge in [-0.1, -0.05) is 12.1 Å². The van der Waals surface area contributed by atoms with Crippen molar-refractivity contribution in [1.29, 1.82) is 0 Å². The van der Waals surface area contributed by atoms with Crippen LogP contribution in [0.5, 0.6) is 0 Å². The van der Waals surface area contributed by atoms with E-state index in [1.807, 2.05) is 18.3 Å². The number of nitrogens with one attached hydrogen (secondary N) is 2. The zero-order valence-corrected chi connectivity index (χ0v) is 15.9. The van der Waals surface area contributed by atoms with Crippen LogP contribution in [0.3, 0.4) is 0 Å². The van der Waals surface area contributed by atoms with E-state index in [1.54, 1.807) is 6.20 Å². The van der Waals surface area contributed by atoms with E-state index in [-0.39, 0.29) is 12.7 Å². The van der Waals surface area contributed by atoms with Crippen molar-refractivity contribution in [2.45, 2.75) is 12.6 Å². The lowest BCUT2D eigenvalue weighted by Gasteiger charge is -2.32. The summed E-state index contributed by atoms with van der Waals surface area (Å²) in [5.41, 5.74) is 3.62. The minimum Gasteiger partial charge on any atom is -0.394 e. The van der Waals surface area contributed by atoms with E-state index in [2.05, 4.69) is 54.4 Å². The summed E-state index contributed by atoms with van der Waals surface area (Å²) < 4.78 is 5.52. The van der Waals surface area contributed by atoms with Crippen LogP contribution in [0.2, 0.25) is 0 Å². The zero-order chi connectivity index (χ0) is 19.6. The number of hydrogen-bond acceptors (Lipinski definition) is 7. The van der Waals surface area contributed by atoms with Gasteiger partial charge in [0.25, 0.3) is 0 Å². The molecule has 1 aliphatic heterocycles. The van der Waals surface area contributed by atoms with Crippen LogP contribution < -0.4 is 10.2 Å². The van der Waals surface area contributed by atoms with Crippen molar-refractivity contribution < 1.29 is 9.84 Å². The number of benzene rings is 1. The summed E-state index contributed by atoms with van der Waals surface area (Å²) in [4.78, 5) is 19.1. The number of pyridine rings is 1. The maximum absolute atomic E-state index is 9.36. The fourth-order valence-corrected chi connectivity index (χ4v) is 3.58. The molecular weight excluding hydrogens is 368 g/mol. The van der Waals surface area contributed by atoms with Crippen LogP contribution in [-0.4, -0.2) is 57.4 Å². The van der Waals surface area contributed by atoms with Crippen molar-refractivity contribution in [3.05, 3.63) is 54.4 Å². The predicted octanol–water partition coefficient (Wildman–Crippen LogP) is 2.32. The number of rotatable bonds is 5. The van der Waals surface area contributed by atoms with Crippen LogP contribution in [0.4, 0.5) is 11.6 Å². The Morgan fingerprint density at radius 1 is 1.21 bits per heavy atom. The summed E-state index contributed by atoms with van der Waals surface area (Å²) in [6, 6.07) is 12.3. The molecule has 0 aliphatic carbocycles. The van der Waals surface area contributed by atoms with E-state index in [4.69, 9.17) is 4.74 Å². The lowest BCUT2D eigenvalue weighted by Crippen LogP contribution is -2.44. The Labute approximate surface area is 167 Å². The van der Waals surface area contributed by atoms with Crippen molar-refractivity contribution in [2.75, 3.05) is 36.5 Å². The third-order valence-electron chi connectivity index (χ3n) is 5.15. The number of aliphatic hydroxyl groups excluding tert-OH is 1. The molecule has 4 aromatic rings. The van der Waals surface area contributed by atoms with Gasteiger partial charge < -0.3 is 25.0 Å². The first-order chi connectivity index (χ1) is 14.3. The molecule has 1 atom stereocenters. The van der Waals surface area contributed by atoms with Crippen LogP contribution >= 0.6 is 0 Å². The van der Waals surface area contributed by atoms with Gasteiger partial charge in [0.05, 0.1) is 25.5 Å². The van der Waals surface area contributed by atoms with Crippen molar-refractivity contribution in [2.24, 2.45) is 0 Å². The summed E-state index contributed by atoms with van der Waals surface area (Å²) in [6.45, 7) is 2.58. The molecule has 1 saturated heterocycles. The average molecular weight is 390 g/mol. The van der Waals surface area contributed by atoms with Crippen LogP contribution in [0.15, 0.2) is 48.8 Å². The predicted molar refractivity (Wildman–Crippen MR) is 112 cm³/mol. The number of nitrogens with zero attached hydrogens (tertiary/aromatic N) is 4. The summed E-state index contributed by atoms with van der Waals surface area (Å²) in [6.07, 6.45) is 3.49. The largest absolute Gasteiger partial charge is 0.394 e. The number of aromatic nitrogens is 4. The number of ether oxygens (including phenoxy) is 1. The molecule has 1 aromatic carbocycles. The van der Waals surface area contributed by atoms with Gasteiger partial charge in [0.2, 0.25) is 0 Å². The second-order valence-electron chi connectivity index (χ2n) is 7.14. The van der Waals surface area contributed by atoms with E-state index in [0.29, 0.717) is 31.2 Å². The number of aliphatic hydroxyl groups is 1. The third-order valence-corrected chi connectivity index (χ3v) is 5.15. The Morgan fingerprint density at radius 3 is 3.10 bits per heavy atom. The normalized spacial score (nSPS) is 17.1. The molecule has 8 heteroatoms. The van der Waals surface area contributed by atoms with Crippen LogP contribution in [0.25, 0.3) is 22.1 Å². The Hall–Kier alpha value is -3.23. The molecule has 0 radical (unpaired) electrons. The molecule has 5 rings (SSSR count). The Kier molecular flexibility index (Phi) is 4.71. The van der Waals surface area contributed by atoms with E-state index >= 15 is 0 Å². The van der Waals surface area contributed by atoms with Crippen molar-refractivity contribution in [3.63, 3.8) is 0 Å².